The molecular formula is C19H22N2O3. The molecule has 0 aliphatic rings. The molecule has 2 rings (SSSR count). The molecule has 2 aromatic rings. The van der Waals surface area contributed by atoms with Crippen molar-refractivity contribution in [2.75, 3.05) is 17.7 Å². The number of amides is 2. The average Bonchev–Trinajstić information content (AvgIpc) is 2.62. The molecule has 0 saturated carbocycles. The highest BCUT2D eigenvalue weighted by atomic mass is 16.5. The zero-order chi connectivity index (χ0) is 17.5. The number of ether oxygens (including phenoxy) is 1. The summed E-state index contributed by atoms with van der Waals surface area (Å²) < 4.78 is 5.08. The number of carbonyl (C=O) groups excluding carboxylic acids is 2. The minimum Gasteiger partial charge on any atom is -0.497 e. The molecule has 5 heteroatoms. The summed E-state index contributed by atoms with van der Waals surface area (Å²) in [5, 5.41) is 5.65. The van der Waals surface area contributed by atoms with E-state index in [2.05, 4.69) is 10.6 Å². The molecular weight excluding hydrogens is 304 g/mol. The van der Waals surface area contributed by atoms with Crippen LogP contribution < -0.4 is 15.4 Å². The Bertz CT molecular complexity index is 694. The van der Waals surface area contributed by atoms with Crippen molar-refractivity contribution < 1.29 is 14.3 Å². The fourth-order valence-corrected chi connectivity index (χ4v) is 2.03. The lowest BCUT2D eigenvalue weighted by molar-refractivity contribution is -0.119. The van der Waals surface area contributed by atoms with E-state index in [0.717, 1.165) is 12.2 Å². The van der Waals surface area contributed by atoms with E-state index in [4.69, 9.17) is 4.74 Å². The van der Waals surface area contributed by atoms with Gasteiger partial charge in [0, 0.05) is 22.9 Å². The highest BCUT2D eigenvalue weighted by Gasteiger charge is 2.11. The molecule has 1 unspecified atom stereocenters. The summed E-state index contributed by atoms with van der Waals surface area (Å²) in [4.78, 5) is 24.1. The molecule has 0 aliphatic carbocycles. The van der Waals surface area contributed by atoms with E-state index >= 15 is 0 Å². The molecule has 0 bridgehead atoms. The van der Waals surface area contributed by atoms with Gasteiger partial charge in [0.15, 0.2) is 0 Å². The Morgan fingerprint density at radius 1 is 0.958 bits per heavy atom. The van der Waals surface area contributed by atoms with Crippen LogP contribution in [0.15, 0.2) is 48.5 Å². The van der Waals surface area contributed by atoms with Crippen LogP contribution >= 0.6 is 0 Å². The molecule has 0 aromatic heterocycles. The van der Waals surface area contributed by atoms with Gasteiger partial charge in [0.05, 0.1) is 7.11 Å². The quantitative estimate of drug-likeness (QED) is 0.845. The van der Waals surface area contributed by atoms with Crippen LogP contribution in [0.25, 0.3) is 0 Å². The molecule has 0 fully saturated rings. The Morgan fingerprint density at radius 2 is 1.50 bits per heavy atom. The predicted octanol–water partition coefficient (Wildman–Crippen LogP) is 3.93. The molecule has 2 N–H and O–H groups in total. The third-order valence-corrected chi connectivity index (χ3v) is 3.82. The Kier molecular flexibility index (Phi) is 5.95. The van der Waals surface area contributed by atoms with Crippen LogP contribution in [0.4, 0.5) is 11.4 Å². The van der Waals surface area contributed by atoms with Crippen molar-refractivity contribution in [1.82, 2.24) is 0 Å². The Balaban J connectivity index is 1.98. The van der Waals surface area contributed by atoms with Crippen molar-refractivity contribution in [2.24, 2.45) is 5.92 Å². The van der Waals surface area contributed by atoms with Crippen LogP contribution in [0.5, 0.6) is 5.75 Å². The van der Waals surface area contributed by atoms with E-state index in [9.17, 15) is 9.59 Å². The fourth-order valence-electron chi connectivity index (χ4n) is 2.03. The highest BCUT2D eigenvalue weighted by Crippen LogP contribution is 2.17. The van der Waals surface area contributed by atoms with Gasteiger partial charge in [-0.2, -0.15) is 0 Å². The largest absolute Gasteiger partial charge is 0.497 e. The summed E-state index contributed by atoms with van der Waals surface area (Å²) in [5.41, 5.74) is 1.89. The summed E-state index contributed by atoms with van der Waals surface area (Å²) in [7, 11) is 1.59. The van der Waals surface area contributed by atoms with Crippen molar-refractivity contribution in [2.45, 2.75) is 20.3 Å². The van der Waals surface area contributed by atoms with Crippen LogP contribution in [0, 0.1) is 5.92 Å². The zero-order valence-electron chi connectivity index (χ0n) is 14.1. The average molecular weight is 326 g/mol. The summed E-state index contributed by atoms with van der Waals surface area (Å²) in [6.45, 7) is 3.85. The molecule has 126 valence electrons. The molecule has 0 aliphatic heterocycles. The lowest BCUT2D eigenvalue weighted by Gasteiger charge is -2.10. The van der Waals surface area contributed by atoms with Crippen LogP contribution in [-0.4, -0.2) is 18.9 Å². The number of hydrogen-bond donors (Lipinski definition) is 2. The maximum atomic E-state index is 12.2. The lowest BCUT2D eigenvalue weighted by Crippen LogP contribution is -2.19. The highest BCUT2D eigenvalue weighted by molar-refractivity contribution is 6.04. The Hall–Kier alpha value is -2.82. The van der Waals surface area contributed by atoms with E-state index in [1.54, 1.807) is 55.6 Å². The topological polar surface area (TPSA) is 67.4 Å². The zero-order valence-corrected chi connectivity index (χ0v) is 14.1. The molecule has 24 heavy (non-hydrogen) atoms. The summed E-state index contributed by atoms with van der Waals surface area (Å²) in [6.07, 6.45) is 0.786. The molecule has 0 radical (unpaired) electrons. The third-order valence-electron chi connectivity index (χ3n) is 3.82. The smallest absolute Gasteiger partial charge is 0.255 e. The molecule has 0 spiro atoms. The van der Waals surface area contributed by atoms with Crippen molar-refractivity contribution >= 4 is 23.2 Å². The summed E-state index contributed by atoms with van der Waals surface area (Å²) in [5.74, 6) is 0.463. The van der Waals surface area contributed by atoms with Gasteiger partial charge in [0.1, 0.15) is 5.75 Å². The standard InChI is InChI=1S/C19H22N2O3/c1-4-13(2)18(22)20-15-7-5-14(6-8-15)19(23)21-16-9-11-17(24-3)12-10-16/h5-13H,4H2,1-3H3,(H,20,22)(H,21,23). The first-order valence-corrected chi connectivity index (χ1v) is 7.89. The number of hydrogen-bond acceptors (Lipinski definition) is 3. The van der Waals surface area contributed by atoms with Gasteiger partial charge in [-0.3, -0.25) is 9.59 Å². The van der Waals surface area contributed by atoms with Gasteiger partial charge in [0.2, 0.25) is 5.91 Å². The van der Waals surface area contributed by atoms with Crippen LogP contribution in [0.2, 0.25) is 0 Å². The second-order valence-corrected chi connectivity index (χ2v) is 5.56. The van der Waals surface area contributed by atoms with Crippen LogP contribution in [0.3, 0.4) is 0 Å². The molecule has 2 amide bonds. The number of nitrogens with one attached hydrogen (secondary N) is 2. The Labute approximate surface area is 142 Å². The second-order valence-electron chi connectivity index (χ2n) is 5.56. The summed E-state index contributed by atoms with van der Waals surface area (Å²) in [6, 6.07) is 13.9. The maximum absolute atomic E-state index is 12.2. The van der Waals surface area contributed by atoms with Gasteiger partial charge in [-0.25, -0.2) is 0 Å². The molecule has 0 saturated heterocycles. The summed E-state index contributed by atoms with van der Waals surface area (Å²) >= 11 is 0. The van der Waals surface area contributed by atoms with Gasteiger partial charge in [0.25, 0.3) is 5.91 Å². The Morgan fingerprint density at radius 3 is 2.04 bits per heavy atom. The van der Waals surface area contributed by atoms with Gasteiger partial charge in [-0.05, 0) is 55.0 Å². The SMILES string of the molecule is CCC(C)C(=O)Nc1ccc(C(=O)Nc2ccc(OC)cc2)cc1. The van der Waals surface area contributed by atoms with Gasteiger partial charge in [-0.1, -0.05) is 13.8 Å². The van der Waals surface area contributed by atoms with E-state index in [0.29, 0.717) is 16.9 Å². The lowest BCUT2D eigenvalue weighted by atomic mass is 10.1. The van der Waals surface area contributed by atoms with Crippen molar-refractivity contribution in [3.8, 4) is 5.75 Å². The minimum absolute atomic E-state index is 0.0204. The monoisotopic (exact) mass is 326 g/mol. The van der Waals surface area contributed by atoms with Crippen molar-refractivity contribution in [1.29, 1.82) is 0 Å². The van der Waals surface area contributed by atoms with Gasteiger partial charge in [-0.15, -0.1) is 0 Å². The number of carbonyl (C=O) groups is 2. The maximum Gasteiger partial charge on any atom is 0.255 e. The van der Waals surface area contributed by atoms with Crippen LogP contribution in [-0.2, 0) is 4.79 Å². The second kappa shape index (κ2) is 8.15. The van der Waals surface area contributed by atoms with E-state index in [1.807, 2.05) is 13.8 Å². The number of anilines is 2. The van der Waals surface area contributed by atoms with Crippen molar-refractivity contribution in [3.05, 3.63) is 54.1 Å². The van der Waals surface area contributed by atoms with Gasteiger partial charge >= 0.3 is 0 Å². The third kappa shape index (κ3) is 4.59. The first-order valence-electron chi connectivity index (χ1n) is 7.89. The fraction of sp³-hybridized carbons (Fsp3) is 0.263. The number of benzene rings is 2. The molecule has 1 atom stereocenters. The minimum atomic E-state index is -0.208. The number of methoxy groups -OCH3 is 1. The number of rotatable bonds is 6. The first-order chi connectivity index (χ1) is 11.5. The first kappa shape index (κ1) is 17.5. The van der Waals surface area contributed by atoms with E-state index in [1.165, 1.54) is 0 Å². The predicted molar refractivity (Wildman–Crippen MR) is 95.5 cm³/mol. The van der Waals surface area contributed by atoms with Crippen LogP contribution in [0.1, 0.15) is 30.6 Å². The molecule has 2 aromatic carbocycles. The van der Waals surface area contributed by atoms with Gasteiger partial charge < -0.3 is 15.4 Å². The molecule has 0 heterocycles. The van der Waals surface area contributed by atoms with E-state index in [-0.39, 0.29) is 17.7 Å². The van der Waals surface area contributed by atoms with E-state index < -0.39 is 0 Å². The normalized spacial score (nSPS) is 11.5. The molecule has 5 nitrogen and oxygen atoms in total. The van der Waals surface area contributed by atoms with Crippen molar-refractivity contribution in [3.63, 3.8) is 0 Å².